The smallest absolute Gasteiger partial charge is 0.0658 e. The maximum Gasteiger partial charge on any atom is 0.0658 e. The van der Waals surface area contributed by atoms with Crippen molar-refractivity contribution >= 4 is 23.5 Å². The summed E-state index contributed by atoms with van der Waals surface area (Å²) in [5.74, 6) is 0. The van der Waals surface area contributed by atoms with Crippen molar-refractivity contribution in [3.63, 3.8) is 0 Å². The Labute approximate surface area is 96.2 Å². The Morgan fingerprint density at radius 3 is 2.60 bits per heavy atom. The van der Waals surface area contributed by atoms with E-state index in [0.717, 1.165) is 5.03 Å². The number of benzene rings is 1. The molecule has 1 aromatic carbocycles. The number of thioether (sulfide) groups is 1. The zero-order chi connectivity index (χ0) is 11.4. The van der Waals surface area contributed by atoms with E-state index in [2.05, 4.69) is 30.0 Å². The molecule has 0 aliphatic rings. The van der Waals surface area contributed by atoms with Gasteiger partial charge in [0, 0.05) is 19.8 Å². The second kappa shape index (κ2) is 5.12. The monoisotopic (exact) mass is 222 g/mol. The molecule has 0 aliphatic carbocycles. The molecule has 1 rings (SSSR count). The van der Waals surface area contributed by atoms with E-state index in [-0.39, 0.29) is 0 Å². The fourth-order valence-corrected chi connectivity index (χ4v) is 1.74. The van der Waals surface area contributed by atoms with Gasteiger partial charge in [0.2, 0.25) is 0 Å². The summed E-state index contributed by atoms with van der Waals surface area (Å²) in [6.45, 7) is 2.12. The Morgan fingerprint density at radius 1 is 1.40 bits per heavy atom. The van der Waals surface area contributed by atoms with Crippen molar-refractivity contribution in [1.29, 1.82) is 0 Å². The van der Waals surface area contributed by atoms with Crippen LogP contribution in [0, 0.1) is 6.92 Å². The quantitative estimate of drug-likeness (QED) is 0.852. The summed E-state index contributed by atoms with van der Waals surface area (Å²) in [4.78, 5) is 2.11. The minimum Gasteiger partial charge on any atom is -0.394 e. The number of nitrogens with two attached hydrogens (primary N) is 1. The summed E-state index contributed by atoms with van der Waals surface area (Å²) in [7, 11) is 4.10. The van der Waals surface area contributed by atoms with Crippen molar-refractivity contribution in [2.45, 2.75) is 6.92 Å². The largest absolute Gasteiger partial charge is 0.394 e. The molecule has 0 aliphatic heterocycles. The lowest BCUT2D eigenvalue weighted by Crippen LogP contribution is -2.10. The van der Waals surface area contributed by atoms with Crippen molar-refractivity contribution in [2.75, 3.05) is 25.3 Å². The molecule has 0 spiro atoms. The predicted molar refractivity (Wildman–Crippen MR) is 71.2 cm³/mol. The highest BCUT2D eigenvalue weighted by molar-refractivity contribution is 8.02. The number of hydrogen-bond acceptors (Lipinski definition) is 3. The van der Waals surface area contributed by atoms with Gasteiger partial charge in [-0.05, 0) is 36.4 Å². The first-order valence-corrected chi connectivity index (χ1v) is 6.07. The van der Waals surface area contributed by atoms with Gasteiger partial charge in [-0.1, -0.05) is 12.1 Å². The Bertz CT molecular complexity index is 370. The Morgan fingerprint density at radius 2 is 2.07 bits per heavy atom. The molecular weight excluding hydrogens is 204 g/mol. The maximum atomic E-state index is 5.81. The Kier molecular flexibility index (Phi) is 4.09. The number of rotatable bonds is 3. The van der Waals surface area contributed by atoms with Crippen LogP contribution >= 0.6 is 11.8 Å². The predicted octanol–water partition coefficient (Wildman–Crippen LogP) is 2.68. The summed E-state index contributed by atoms with van der Waals surface area (Å²) >= 11 is 1.57. The third-order valence-electron chi connectivity index (χ3n) is 2.36. The van der Waals surface area contributed by atoms with Gasteiger partial charge in [-0.25, -0.2) is 0 Å². The minimum absolute atomic E-state index is 0.842. The van der Waals surface area contributed by atoms with E-state index in [1.807, 2.05) is 26.4 Å². The second-order valence-electron chi connectivity index (χ2n) is 3.64. The molecule has 1 aromatic rings. The van der Waals surface area contributed by atoms with Gasteiger partial charge in [0.1, 0.15) is 0 Å². The topological polar surface area (TPSA) is 29.3 Å². The molecule has 2 nitrogen and oxygen atoms in total. The molecule has 0 amide bonds. The second-order valence-corrected chi connectivity index (χ2v) is 4.52. The standard InChI is InChI=1S/C12H18N2S/c1-9-10(8-12(13)15-4)6-5-7-11(9)14(2)3/h5-8H,13H2,1-4H3. The van der Waals surface area contributed by atoms with Crippen LogP contribution in [-0.4, -0.2) is 20.4 Å². The van der Waals surface area contributed by atoms with Gasteiger partial charge in [-0.2, -0.15) is 0 Å². The highest BCUT2D eigenvalue weighted by Gasteiger charge is 2.03. The van der Waals surface area contributed by atoms with E-state index in [0.29, 0.717) is 0 Å². The third-order valence-corrected chi connectivity index (χ3v) is 2.95. The first-order chi connectivity index (χ1) is 7.06. The van der Waals surface area contributed by atoms with Crippen molar-refractivity contribution in [3.8, 4) is 0 Å². The average Bonchev–Trinajstić information content (AvgIpc) is 2.20. The van der Waals surface area contributed by atoms with Crippen LogP contribution in [0.5, 0.6) is 0 Å². The number of hydrogen-bond donors (Lipinski definition) is 1. The van der Waals surface area contributed by atoms with Crippen LogP contribution in [0.4, 0.5) is 5.69 Å². The van der Waals surface area contributed by atoms with Gasteiger partial charge in [-0.15, -0.1) is 11.8 Å². The van der Waals surface area contributed by atoms with Gasteiger partial charge in [-0.3, -0.25) is 0 Å². The van der Waals surface area contributed by atoms with Crippen molar-refractivity contribution in [1.82, 2.24) is 0 Å². The Hall–Kier alpha value is -1.09. The van der Waals surface area contributed by atoms with Crippen molar-refractivity contribution in [3.05, 3.63) is 34.4 Å². The van der Waals surface area contributed by atoms with E-state index >= 15 is 0 Å². The summed E-state index contributed by atoms with van der Waals surface area (Å²) in [5, 5.41) is 0.842. The van der Waals surface area contributed by atoms with Gasteiger partial charge in [0.15, 0.2) is 0 Å². The molecule has 0 unspecified atom stereocenters. The van der Waals surface area contributed by atoms with Gasteiger partial charge >= 0.3 is 0 Å². The van der Waals surface area contributed by atoms with Crippen LogP contribution < -0.4 is 10.6 Å². The first-order valence-electron chi connectivity index (χ1n) is 4.84. The van der Waals surface area contributed by atoms with Crippen LogP contribution in [0.15, 0.2) is 23.2 Å². The summed E-state index contributed by atoms with van der Waals surface area (Å²) in [5.41, 5.74) is 9.50. The molecular formula is C12H18N2S. The normalized spacial score (nSPS) is 11.6. The number of nitrogens with zero attached hydrogens (tertiary/aromatic N) is 1. The van der Waals surface area contributed by atoms with E-state index < -0.39 is 0 Å². The molecule has 15 heavy (non-hydrogen) atoms. The van der Waals surface area contributed by atoms with Gasteiger partial charge in [0.05, 0.1) is 5.03 Å². The lowest BCUT2D eigenvalue weighted by atomic mass is 10.1. The number of anilines is 1. The maximum absolute atomic E-state index is 5.81. The van der Waals surface area contributed by atoms with Crippen LogP contribution in [0.25, 0.3) is 6.08 Å². The molecule has 0 fully saturated rings. The van der Waals surface area contributed by atoms with Gasteiger partial charge in [0.25, 0.3) is 0 Å². The van der Waals surface area contributed by atoms with Crippen molar-refractivity contribution < 1.29 is 0 Å². The molecule has 0 radical (unpaired) electrons. The molecule has 0 atom stereocenters. The fourth-order valence-electron chi connectivity index (χ4n) is 1.49. The molecule has 82 valence electrons. The molecule has 0 saturated heterocycles. The van der Waals surface area contributed by atoms with E-state index in [9.17, 15) is 0 Å². The summed E-state index contributed by atoms with van der Waals surface area (Å²) in [6.07, 6.45) is 4.00. The Balaban J connectivity index is 3.15. The third kappa shape index (κ3) is 2.93. The van der Waals surface area contributed by atoms with E-state index in [1.165, 1.54) is 16.8 Å². The molecule has 2 N–H and O–H groups in total. The van der Waals surface area contributed by atoms with Gasteiger partial charge < -0.3 is 10.6 Å². The summed E-state index contributed by atoms with van der Waals surface area (Å²) < 4.78 is 0. The fraction of sp³-hybridized carbons (Fsp3) is 0.333. The summed E-state index contributed by atoms with van der Waals surface area (Å²) in [6, 6.07) is 6.26. The lowest BCUT2D eigenvalue weighted by molar-refractivity contribution is 1.11. The zero-order valence-electron chi connectivity index (χ0n) is 9.74. The van der Waals surface area contributed by atoms with E-state index in [4.69, 9.17) is 5.73 Å². The first kappa shape index (κ1) is 12.0. The molecule has 0 aromatic heterocycles. The molecule has 0 heterocycles. The highest BCUT2D eigenvalue weighted by Crippen LogP contribution is 2.23. The van der Waals surface area contributed by atoms with E-state index in [1.54, 1.807) is 11.8 Å². The SMILES string of the molecule is CSC(N)=Cc1cccc(N(C)C)c1C. The molecule has 0 saturated carbocycles. The van der Waals surface area contributed by atoms with Crippen LogP contribution in [0.3, 0.4) is 0 Å². The zero-order valence-corrected chi connectivity index (χ0v) is 10.6. The van der Waals surface area contributed by atoms with Crippen LogP contribution in [-0.2, 0) is 0 Å². The van der Waals surface area contributed by atoms with Crippen LogP contribution in [0.1, 0.15) is 11.1 Å². The van der Waals surface area contributed by atoms with Crippen LogP contribution in [0.2, 0.25) is 0 Å². The minimum atomic E-state index is 0.842. The average molecular weight is 222 g/mol. The molecule has 0 bridgehead atoms. The highest BCUT2D eigenvalue weighted by atomic mass is 32.2. The molecule has 3 heteroatoms. The lowest BCUT2D eigenvalue weighted by Gasteiger charge is -2.17. The van der Waals surface area contributed by atoms with Crippen molar-refractivity contribution in [2.24, 2.45) is 5.73 Å².